The van der Waals surface area contributed by atoms with Crippen molar-refractivity contribution < 1.29 is 13.6 Å². The number of amides is 1. The molecule has 0 spiro atoms. The molecule has 0 aromatic carbocycles. The maximum Gasteiger partial charge on any atom is 0.252 e. The van der Waals surface area contributed by atoms with Gasteiger partial charge in [-0.15, -0.1) is 0 Å². The number of primary amides is 1. The molecule has 1 aromatic rings. The van der Waals surface area contributed by atoms with Crippen LogP contribution in [0.5, 0.6) is 0 Å². The first-order valence-corrected chi connectivity index (χ1v) is 6.78. The summed E-state index contributed by atoms with van der Waals surface area (Å²) in [5.74, 6) is -2.99. The molecule has 1 aliphatic rings. The number of pyridine rings is 1. The van der Waals surface area contributed by atoms with Crippen LogP contribution in [-0.2, 0) is 0 Å². The Hall–Kier alpha value is -1.43. The fraction of sp³-hybridized carbons (Fsp3) is 0.538. The van der Waals surface area contributed by atoms with Crippen LogP contribution in [0.2, 0.25) is 5.15 Å². The van der Waals surface area contributed by atoms with Crippen LogP contribution in [0.1, 0.15) is 35.2 Å². The van der Waals surface area contributed by atoms with Crippen LogP contribution in [0.3, 0.4) is 0 Å². The monoisotopic (exact) mass is 303 g/mol. The van der Waals surface area contributed by atoms with Crippen molar-refractivity contribution in [3.8, 4) is 0 Å². The summed E-state index contributed by atoms with van der Waals surface area (Å²) in [6, 6.07) is 1.54. The molecule has 2 rings (SSSR count). The van der Waals surface area contributed by atoms with E-state index in [-0.39, 0.29) is 30.1 Å². The summed E-state index contributed by atoms with van der Waals surface area (Å²) in [7, 11) is 0. The number of hydrogen-bond acceptors (Lipinski definition) is 3. The largest absolute Gasteiger partial charge is 0.365 e. The summed E-state index contributed by atoms with van der Waals surface area (Å²) in [6.07, 6.45) is -0.0914. The minimum atomic E-state index is -2.67. The third-order valence-electron chi connectivity index (χ3n) is 3.43. The average Bonchev–Trinajstić information content (AvgIpc) is 2.48. The van der Waals surface area contributed by atoms with Gasteiger partial charge < -0.3 is 10.6 Å². The van der Waals surface area contributed by atoms with E-state index in [1.54, 1.807) is 11.8 Å². The maximum absolute atomic E-state index is 13.4. The van der Waals surface area contributed by atoms with Crippen LogP contribution in [0.25, 0.3) is 0 Å². The number of nitrogens with zero attached hydrogens (tertiary/aromatic N) is 2. The first-order chi connectivity index (χ1) is 9.30. The highest BCUT2D eigenvalue weighted by Gasteiger charge is 2.33. The fourth-order valence-corrected chi connectivity index (χ4v) is 2.67. The summed E-state index contributed by atoms with van der Waals surface area (Å²) in [6.45, 7) is 2.23. The van der Waals surface area contributed by atoms with Crippen LogP contribution < -0.4 is 10.6 Å². The van der Waals surface area contributed by atoms with E-state index in [0.717, 1.165) is 0 Å². The highest BCUT2D eigenvalue weighted by atomic mass is 35.5. The molecule has 0 atom stereocenters. The van der Waals surface area contributed by atoms with Gasteiger partial charge in [0.2, 0.25) is 5.92 Å². The van der Waals surface area contributed by atoms with E-state index in [4.69, 9.17) is 17.3 Å². The smallest absolute Gasteiger partial charge is 0.252 e. The SMILES string of the molecule is Cc1cc(Cl)nc(N2CCCC(F)(F)CC2)c1C(N)=O. The first kappa shape index (κ1) is 15.0. The third kappa shape index (κ3) is 3.17. The minimum Gasteiger partial charge on any atom is -0.365 e. The van der Waals surface area contributed by atoms with Gasteiger partial charge in [-0.2, -0.15) is 0 Å². The molecule has 0 unspecified atom stereocenters. The zero-order valence-corrected chi connectivity index (χ0v) is 11.9. The van der Waals surface area contributed by atoms with Crippen molar-refractivity contribution in [1.82, 2.24) is 4.98 Å². The first-order valence-electron chi connectivity index (χ1n) is 6.40. The number of aromatic nitrogens is 1. The highest BCUT2D eigenvalue weighted by molar-refractivity contribution is 6.29. The van der Waals surface area contributed by atoms with Gasteiger partial charge in [-0.3, -0.25) is 4.79 Å². The van der Waals surface area contributed by atoms with Crippen molar-refractivity contribution in [1.29, 1.82) is 0 Å². The Balaban J connectivity index is 2.39. The molecule has 1 fully saturated rings. The summed E-state index contributed by atoms with van der Waals surface area (Å²) >= 11 is 5.90. The van der Waals surface area contributed by atoms with Gasteiger partial charge in [-0.1, -0.05) is 11.6 Å². The van der Waals surface area contributed by atoms with Gasteiger partial charge in [0.05, 0.1) is 5.56 Å². The zero-order valence-electron chi connectivity index (χ0n) is 11.1. The zero-order chi connectivity index (χ0) is 14.9. The summed E-state index contributed by atoms with van der Waals surface area (Å²) in [4.78, 5) is 17.4. The number of anilines is 1. The Bertz CT molecular complexity index is 537. The Morgan fingerprint density at radius 3 is 2.80 bits per heavy atom. The third-order valence-corrected chi connectivity index (χ3v) is 3.62. The number of nitrogens with two attached hydrogens (primary N) is 1. The fourth-order valence-electron chi connectivity index (χ4n) is 2.43. The van der Waals surface area contributed by atoms with Crippen molar-refractivity contribution in [2.24, 2.45) is 5.73 Å². The quantitative estimate of drug-likeness (QED) is 0.855. The molecule has 2 N–H and O–H groups in total. The Labute approximate surface area is 120 Å². The van der Waals surface area contributed by atoms with E-state index in [2.05, 4.69) is 4.98 Å². The minimum absolute atomic E-state index is 0.125. The molecule has 1 amide bonds. The molecule has 2 heterocycles. The number of carbonyl (C=O) groups excluding carboxylic acids is 1. The topological polar surface area (TPSA) is 59.2 Å². The van der Waals surface area contributed by atoms with Gasteiger partial charge in [0.25, 0.3) is 5.91 Å². The Kier molecular flexibility index (Phi) is 4.13. The van der Waals surface area contributed by atoms with Gasteiger partial charge in [-0.25, -0.2) is 13.8 Å². The molecule has 0 radical (unpaired) electrons. The van der Waals surface area contributed by atoms with Gasteiger partial charge in [0, 0.05) is 25.9 Å². The lowest BCUT2D eigenvalue weighted by Crippen LogP contribution is -2.30. The van der Waals surface area contributed by atoms with E-state index in [1.807, 2.05) is 0 Å². The van der Waals surface area contributed by atoms with Crippen molar-refractivity contribution in [2.75, 3.05) is 18.0 Å². The van der Waals surface area contributed by atoms with Crippen molar-refractivity contribution in [3.05, 3.63) is 22.3 Å². The molecule has 0 aliphatic carbocycles. The highest BCUT2D eigenvalue weighted by Crippen LogP contribution is 2.31. The molecule has 1 saturated heterocycles. The van der Waals surface area contributed by atoms with Crippen molar-refractivity contribution >= 4 is 23.3 Å². The lowest BCUT2D eigenvalue weighted by molar-refractivity contribution is -0.0102. The second kappa shape index (κ2) is 5.52. The normalized spacial score (nSPS) is 18.7. The van der Waals surface area contributed by atoms with Crippen LogP contribution in [0.15, 0.2) is 6.07 Å². The lowest BCUT2D eigenvalue weighted by Gasteiger charge is -2.24. The molecule has 0 saturated carbocycles. The van der Waals surface area contributed by atoms with E-state index in [9.17, 15) is 13.6 Å². The number of alkyl halides is 2. The summed E-state index contributed by atoms with van der Waals surface area (Å²) < 4.78 is 26.8. The van der Waals surface area contributed by atoms with Gasteiger partial charge in [0.1, 0.15) is 11.0 Å². The van der Waals surface area contributed by atoms with E-state index < -0.39 is 11.8 Å². The predicted molar refractivity (Wildman–Crippen MR) is 73.5 cm³/mol. The number of carbonyl (C=O) groups is 1. The molecule has 4 nitrogen and oxygen atoms in total. The van der Waals surface area contributed by atoms with E-state index >= 15 is 0 Å². The number of rotatable bonds is 2. The van der Waals surface area contributed by atoms with Gasteiger partial charge >= 0.3 is 0 Å². The van der Waals surface area contributed by atoms with Gasteiger partial charge in [0.15, 0.2) is 0 Å². The average molecular weight is 304 g/mol. The standard InChI is InChI=1S/C13H16ClF2N3O/c1-8-7-9(14)18-12(10(8)11(17)20)19-5-2-3-13(15,16)4-6-19/h7H,2-6H2,1H3,(H2,17,20). The van der Waals surface area contributed by atoms with Gasteiger partial charge in [-0.05, 0) is 25.0 Å². The van der Waals surface area contributed by atoms with Crippen LogP contribution in [0.4, 0.5) is 14.6 Å². The summed E-state index contributed by atoms with van der Waals surface area (Å²) in [5, 5.41) is 0.221. The van der Waals surface area contributed by atoms with Crippen LogP contribution >= 0.6 is 11.6 Å². The maximum atomic E-state index is 13.4. The molecule has 20 heavy (non-hydrogen) atoms. The molecular weight excluding hydrogens is 288 g/mol. The molecule has 0 bridgehead atoms. The Morgan fingerprint density at radius 2 is 2.15 bits per heavy atom. The molecule has 110 valence electrons. The Morgan fingerprint density at radius 1 is 1.45 bits per heavy atom. The lowest BCUT2D eigenvalue weighted by atomic mass is 10.1. The second-order valence-electron chi connectivity index (χ2n) is 5.02. The predicted octanol–water partition coefficient (Wildman–Crippen LogP) is 2.77. The van der Waals surface area contributed by atoms with E-state index in [0.29, 0.717) is 24.3 Å². The number of halogens is 3. The van der Waals surface area contributed by atoms with Crippen molar-refractivity contribution in [3.63, 3.8) is 0 Å². The van der Waals surface area contributed by atoms with Crippen LogP contribution in [-0.4, -0.2) is 29.9 Å². The van der Waals surface area contributed by atoms with Crippen molar-refractivity contribution in [2.45, 2.75) is 32.1 Å². The molecule has 1 aromatic heterocycles. The number of hydrogen-bond donors (Lipinski definition) is 1. The summed E-state index contributed by atoms with van der Waals surface area (Å²) in [5.41, 5.74) is 6.22. The molecule has 1 aliphatic heterocycles. The second-order valence-corrected chi connectivity index (χ2v) is 5.41. The van der Waals surface area contributed by atoms with E-state index in [1.165, 1.54) is 6.07 Å². The number of aryl methyl sites for hydroxylation is 1. The molecular formula is C13H16ClF2N3O. The molecule has 7 heteroatoms. The van der Waals surface area contributed by atoms with Crippen LogP contribution in [0, 0.1) is 6.92 Å².